The summed E-state index contributed by atoms with van der Waals surface area (Å²) in [4.78, 5) is 14.2. The van der Waals surface area contributed by atoms with E-state index in [0.29, 0.717) is 6.04 Å². The highest BCUT2D eigenvalue weighted by Gasteiger charge is 2.32. The number of carbonyl (C=O) groups is 1. The van der Waals surface area contributed by atoms with Crippen molar-refractivity contribution in [2.24, 2.45) is 0 Å². The van der Waals surface area contributed by atoms with Crippen molar-refractivity contribution >= 4 is 5.91 Å². The van der Waals surface area contributed by atoms with Crippen LogP contribution >= 0.6 is 0 Å². The minimum atomic E-state index is -0.718. The molecule has 0 aromatic rings. The quantitative estimate of drug-likeness (QED) is 0.792. The Bertz CT molecular complexity index is 248. The average Bonchev–Trinajstić information content (AvgIpc) is 2.36. The predicted octanol–water partition coefficient (Wildman–Crippen LogP) is 1.40. The molecule has 100 valence electrons. The van der Waals surface area contributed by atoms with Gasteiger partial charge in [-0.25, -0.2) is 0 Å². The normalized spacial score (nSPS) is 21.3. The second-order valence-electron chi connectivity index (χ2n) is 5.21. The molecular weight excluding hydrogens is 216 g/mol. The van der Waals surface area contributed by atoms with Crippen LogP contribution in [0.1, 0.15) is 40.0 Å². The molecular formula is C13H26N2O2. The first-order chi connectivity index (χ1) is 8.01. The lowest BCUT2D eigenvalue weighted by molar-refractivity contribution is -0.151. The molecule has 0 radical (unpaired) electrons. The van der Waals surface area contributed by atoms with Crippen LogP contribution in [0.15, 0.2) is 0 Å². The Balaban J connectivity index is 2.55. The number of nitrogens with one attached hydrogen (secondary N) is 1. The molecule has 1 saturated heterocycles. The van der Waals surface area contributed by atoms with E-state index >= 15 is 0 Å². The Morgan fingerprint density at radius 3 is 2.65 bits per heavy atom. The van der Waals surface area contributed by atoms with Gasteiger partial charge in [-0.3, -0.25) is 4.79 Å². The van der Waals surface area contributed by atoms with E-state index in [2.05, 4.69) is 5.32 Å². The monoisotopic (exact) mass is 242 g/mol. The summed E-state index contributed by atoms with van der Waals surface area (Å²) in [6, 6.07) is 0.445. The molecule has 0 aromatic heterocycles. The van der Waals surface area contributed by atoms with Gasteiger partial charge in [-0.15, -0.1) is 0 Å². The number of carbonyl (C=O) groups excluding carboxylic acids is 1. The molecule has 0 aliphatic carbocycles. The standard InChI is InChI=1S/C13H26N2O2/c1-5-15(12(16)13(2,3)17-4)10-11-8-6-7-9-14-11/h11,14H,5-10H2,1-4H3. The molecule has 1 atom stereocenters. The van der Waals surface area contributed by atoms with Gasteiger partial charge in [-0.1, -0.05) is 6.42 Å². The van der Waals surface area contributed by atoms with Crippen molar-refractivity contribution < 1.29 is 9.53 Å². The highest BCUT2D eigenvalue weighted by Crippen LogP contribution is 2.15. The maximum atomic E-state index is 12.3. The molecule has 4 heteroatoms. The minimum absolute atomic E-state index is 0.0786. The molecule has 0 spiro atoms. The first kappa shape index (κ1) is 14.5. The van der Waals surface area contributed by atoms with E-state index in [4.69, 9.17) is 4.74 Å². The summed E-state index contributed by atoms with van der Waals surface area (Å²) in [6.07, 6.45) is 3.68. The second-order valence-corrected chi connectivity index (χ2v) is 5.21. The Morgan fingerprint density at radius 2 is 2.18 bits per heavy atom. The number of rotatable bonds is 5. The molecule has 1 N–H and O–H groups in total. The van der Waals surface area contributed by atoms with E-state index in [9.17, 15) is 4.79 Å². The van der Waals surface area contributed by atoms with Gasteiger partial charge in [-0.05, 0) is 40.2 Å². The highest BCUT2D eigenvalue weighted by molar-refractivity contribution is 5.84. The molecule has 17 heavy (non-hydrogen) atoms. The summed E-state index contributed by atoms with van der Waals surface area (Å²) in [6.45, 7) is 8.28. The summed E-state index contributed by atoms with van der Waals surface area (Å²) in [5.41, 5.74) is -0.718. The van der Waals surface area contributed by atoms with Gasteiger partial charge in [-0.2, -0.15) is 0 Å². The van der Waals surface area contributed by atoms with E-state index < -0.39 is 5.60 Å². The Morgan fingerprint density at radius 1 is 1.47 bits per heavy atom. The Kier molecular flexibility index (Phi) is 5.40. The molecule has 1 amide bonds. The van der Waals surface area contributed by atoms with Crippen LogP contribution in [-0.4, -0.2) is 49.2 Å². The van der Waals surface area contributed by atoms with Gasteiger partial charge in [0.1, 0.15) is 5.60 Å². The summed E-state index contributed by atoms with van der Waals surface area (Å²) < 4.78 is 5.26. The minimum Gasteiger partial charge on any atom is -0.369 e. The van der Waals surface area contributed by atoms with Crippen LogP contribution in [0.2, 0.25) is 0 Å². The lowest BCUT2D eigenvalue weighted by atomic mass is 10.0. The zero-order valence-electron chi connectivity index (χ0n) is 11.6. The van der Waals surface area contributed by atoms with E-state index in [-0.39, 0.29) is 5.91 Å². The smallest absolute Gasteiger partial charge is 0.254 e. The summed E-state index contributed by atoms with van der Waals surface area (Å²) in [5, 5.41) is 3.47. The molecule has 1 aliphatic rings. The third-order valence-electron chi connectivity index (χ3n) is 3.55. The number of methoxy groups -OCH3 is 1. The van der Waals surface area contributed by atoms with E-state index in [0.717, 1.165) is 26.1 Å². The van der Waals surface area contributed by atoms with Crippen LogP contribution in [-0.2, 0) is 9.53 Å². The van der Waals surface area contributed by atoms with Crippen molar-refractivity contribution in [2.45, 2.75) is 51.7 Å². The molecule has 1 heterocycles. The van der Waals surface area contributed by atoms with Crippen LogP contribution in [0.4, 0.5) is 0 Å². The third-order valence-corrected chi connectivity index (χ3v) is 3.55. The number of ether oxygens (including phenoxy) is 1. The van der Waals surface area contributed by atoms with Crippen LogP contribution in [0, 0.1) is 0 Å². The number of nitrogens with zero attached hydrogens (tertiary/aromatic N) is 1. The lowest BCUT2D eigenvalue weighted by Gasteiger charge is -2.34. The van der Waals surface area contributed by atoms with Crippen LogP contribution in [0.5, 0.6) is 0 Å². The molecule has 1 fully saturated rings. The van der Waals surface area contributed by atoms with Gasteiger partial charge in [0, 0.05) is 26.2 Å². The van der Waals surface area contributed by atoms with Crippen molar-refractivity contribution in [1.29, 1.82) is 0 Å². The van der Waals surface area contributed by atoms with Crippen molar-refractivity contribution in [3.8, 4) is 0 Å². The van der Waals surface area contributed by atoms with E-state index in [1.165, 1.54) is 12.8 Å². The zero-order valence-corrected chi connectivity index (χ0v) is 11.6. The van der Waals surface area contributed by atoms with Gasteiger partial charge in [0.05, 0.1) is 0 Å². The first-order valence-corrected chi connectivity index (χ1v) is 6.59. The lowest BCUT2D eigenvalue weighted by Crippen LogP contribution is -2.51. The maximum Gasteiger partial charge on any atom is 0.254 e. The largest absolute Gasteiger partial charge is 0.369 e. The molecule has 0 saturated carbocycles. The average molecular weight is 242 g/mol. The number of amides is 1. The molecule has 1 unspecified atom stereocenters. The summed E-state index contributed by atoms with van der Waals surface area (Å²) in [7, 11) is 1.59. The number of likely N-dealkylation sites (N-methyl/N-ethyl adjacent to an activating group) is 1. The van der Waals surface area contributed by atoms with Crippen LogP contribution < -0.4 is 5.32 Å². The highest BCUT2D eigenvalue weighted by atomic mass is 16.5. The van der Waals surface area contributed by atoms with Crippen molar-refractivity contribution in [2.75, 3.05) is 26.7 Å². The summed E-state index contributed by atoms with van der Waals surface area (Å²) >= 11 is 0. The Hall–Kier alpha value is -0.610. The molecule has 4 nitrogen and oxygen atoms in total. The first-order valence-electron chi connectivity index (χ1n) is 6.59. The van der Waals surface area contributed by atoms with Gasteiger partial charge in [0.2, 0.25) is 0 Å². The number of hydrogen-bond acceptors (Lipinski definition) is 3. The topological polar surface area (TPSA) is 41.6 Å². The predicted molar refractivity (Wildman–Crippen MR) is 69.0 cm³/mol. The number of hydrogen-bond donors (Lipinski definition) is 1. The molecule has 0 bridgehead atoms. The molecule has 1 aliphatic heterocycles. The van der Waals surface area contributed by atoms with Crippen LogP contribution in [0.3, 0.4) is 0 Å². The van der Waals surface area contributed by atoms with Gasteiger partial charge in [0.15, 0.2) is 0 Å². The van der Waals surface area contributed by atoms with Gasteiger partial charge in [0.25, 0.3) is 5.91 Å². The SMILES string of the molecule is CCN(CC1CCCCN1)C(=O)C(C)(C)OC. The third kappa shape index (κ3) is 3.96. The number of piperidine rings is 1. The second kappa shape index (κ2) is 6.36. The van der Waals surface area contributed by atoms with Gasteiger partial charge < -0.3 is 15.0 Å². The van der Waals surface area contributed by atoms with Crippen LogP contribution in [0.25, 0.3) is 0 Å². The Labute approximate surface area is 105 Å². The van der Waals surface area contributed by atoms with Gasteiger partial charge >= 0.3 is 0 Å². The maximum absolute atomic E-state index is 12.3. The van der Waals surface area contributed by atoms with E-state index in [1.54, 1.807) is 7.11 Å². The van der Waals surface area contributed by atoms with E-state index in [1.807, 2.05) is 25.7 Å². The fraction of sp³-hybridized carbons (Fsp3) is 0.923. The van der Waals surface area contributed by atoms with Crippen molar-refractivity contribution in [3.05, 3.63) is 0 Å². The fourth-order valence-electron chi connectivity index (χ4n) is 2.17. The zero-order chi connectivity index (χ0) is 12.9. The molecule has 1 rings (SSSR count). The van der Waals surface area contributed by atoms with Crippen molar-refractivity contribution in [3.63, 3.8) is 0 Å². The fourth-order valence-corrected chi connectivity index (χ4v) is 2.17. The summed E-state index contributed by atoms with van der Waals surface area (Å²) in [5.74, 6) is 0.0786. The van der Waals surface area contributed by atoms with Crippen molar-refractivity contribution in [1.82, 2.24) is 10.2 Å². The molecule has 0 aromatic carbocycles.